The molecule has 1 aliphatic heterocycles. The number of rotatable bonds is 5. The van der Waals surface area contributed by atoms with Gasteiger partial charge in [0.15, 0.2) is 0 Å². The van der Waals surface area contributed by atoms with E-state index in [0.29, 0.717) is 19.5 Å². The summed E-state index contributed by atoms with van der Waals surface area (Å²) in [4.78, 5) is 11.8. The lowest BCUT2D eigenvalue weighted by molar-refractivity contribution is -0.131. The fourth-order valence-electron chi connectivity index (χ4n) is 2.02. The van der Waals surface area contributed by atoms with E-state index in [1.807, 2.05) is 11.6 Å². The molecule has 7 heteroatoms. The average molecular weight is 253 g/mol. The third-order valence-electron chi connectivity index (χ3n) is 3.12. The highest BCUT2D eigenvalue weighted by atomic mass is 16.5. The van der Waals surface area contributed by atoms with Crippen molar-refractivity contribution < 1.29 is 9.53 Å². The molecule has 2 heterocycles. The van der Waals surface area contributed by atoms with Crippen LogP contribution in [-0.2, 0) is 23.0 Å². The third-order valence-corrected chi connectivity index (χ3v) is 3.12. The molecule has 1 aliphatic rings. The molecular weight excluding hydrogens is 234 g/mol. The summed E-state index contributed by atoms with van der Waals surface area (Å²) < 4.78 is 7.35. The molecule has 0 aromatic carbocycles. The van der Waals surface area contributed by atoms with Crippen LogP contribution in [0.15, 0.2) is 6.33 Å². The van der Waals surface area contributed by atoms with Crippen LogP contribution in [-0.4, -0.2) is 46.0 Å². The molecule has 1 aromatic rings. The van der Waals surface area contributed by atoms with E-state index in [9.17, 15) is 4.79 Å². The van der Waals surface area contributed by atoms with Crippen LogP contribution >= 0.6 is 0 Å². The smallest absolute Gasteiger partial charge is 0.249 e. The van der Waals surface area contributed by atoms with Gasteiger partial charge in [0.2, 0.25) is 5.91 Å². The van der Waals surface area contributed by atoms with Crippen LogP contribution in [0.5, 0.6) is 0 Å². The van der Waals surface area contributed by atoms with Gasteiger partial charge in [0.1, 0.15) is 18.3 Å². The molecule has 0 aliphatic carbocycles. The second kappa shape index (κ2) is 5.92. The van der Waals surface area contributed by atoms with Crippen molar-refractivity contribution in [2.45, 2.75) is 31.5 Å². The van der Waals surface area contributed by atoms with E-state index >= 15 is 0 Å². The van der Waals surface area contributed by atoms with Gasteiger partial charge in [-0.05, 0) is 12.8 Å². The van der Waals surface area contributed by atoms with Gasteiger partial charge in [-0.3, -0.25) is 4.79 Å². The van der Waals surface area contributed by atoms with Crippen molar-refractivity contribution >= 4 is 5.91 Å². The first-order valence-electron chi connectivity index (χ1n) is 6.17. The largest absolute Gasteiger partial charge is 0.364 e. The van der Waals surface area contributed by atoms with E-state index in [4.69, 9.17) is 10.5 Å². The second-order valence-electron chi connectivity index (χ2n) is 4.46. The first-order valence-corrected chi connectivity index (χ1v) is 6.17. The lowest BCUT2D eigenvalue weighted by atomic mass is 10.2. The molecule has 2 atom stereocenters. The van der Waals surface area contributed by atoms with Crippen LogP contribution in [0.4, 0.5) is 0 Å². The number of carbonyl (C=O) groups is 1. The highest BCUT2D eigenvalue weighted by Gasteiger charge is 2.29. The Kier molecular flexibility index (Phi) is 4.27. The molecular formula is C11H19N5O2. The van der Waals surface area contributed by atoms with E-state index in [0.717, 1.165) is 18.7 Å². The summed E-state index contributed by atoms with van der Waals surface area (Å²) in [5, 5.41) is 10.6. The van der Waals surface area contributed by atoms with Crippen LogP contribution in [0.1, 0.15) is 18.7 Å². The first kappa shape index (κ1) is 13.0. The average Bonchev–Trinajstić information content (AvgIpc) is 2.98. The Labute approximate surface area is 106 Å². The lowest BCUT2D eigenvalue weighted by Crippen LogP contribution is -2.36. The maximum Gasteiger partial charge on any atom is 0.249 e. The summed E-state index contributed by atoms with van der Waals surface area (Å²) in [6.07, 6.45) is 3.59. The van der Waals surface area contributed by atoms with Gasteiger partial charge in [0.05, 0.1) is 6.10 Å². The van der Waals surface area contributed by atoms with Gasteiger partial charge in [0.25, 0.3) is 0 Å². The number of carbonyl (C=O) groups excluding carboxylic acids is 1. The highest BCUT2D eigenvalue weighted by molar-refractivity contribution is 5.81. The van der Waals surface area contributed by atoms with Crippen LogP contribution in [0, 0.1) is 0 Å². The summed E-state index contributed by atoms with van der Waals surface area (Å²) in [7, 11) is 1.88. The minimum absolute atomic E-state index is 0.0273. The SMILES string of the molecule is Cn1cnnc1CCNC(=O)C1CCC(CN)O1. The second-order valence-corrected chi connectivity index (χ2v) is 4.46. The minimum Gasteiger partial charge on any atom is -0.364 e. The van der Waals surface area contributed by atoms with Gasteiger partial charge in [-0.1, -0.05) is 0 Å². The Morgan fingerprint density at radius 1 is 1.67 bits per heavy atom. The summed E-state index contributed by atoms with van der Waals surface area (Å²) in [6, 6.07) is 0. The Hall–Kier alpha value is -1.47. The monoisotopic (exact) mass is 253 g/mol. The van der Waals surface area contributed by atoms with Gasteiger partial charge >= 0.3 is 0 Å². The van der Waals surface area contributed by atoms with E-state index in [1.165, 1.54) is 0 Å². The molecule has 2 unspecified atom stereocenters. The molecule has 1 fully saturated rings. The van der Waals surface area contributed by atoms with Crippen molar-refractivity contribution in [1.82, 2.24) is 20.1 Å². The predicted molar refractivity (Wildman–Crippen MR) is 64.7 cm³/mol. The van der Waals surface area contributed by atoms with Crippen molar-refractivity contribution in [3.63, 3.8) is 0 Å². The number of nitrogens with one attached hydrogen (secondary N) is 1. The number of hydrogen-bond donors (Lipinski definition) is 2. The molecule has 1 aromatic heterocycles. The zero-order valence-corrected chi connectivity index (χ0v) is 10.5. The molecule has 0 bridgehead atoms. The summed E-state index contributed by atoms with van der Waals surface area (Å²) in [6.45, 7) is 1.02. The van der Waals surface area contributed by atoms with Crippen molar-refractivity contribution in [2.24, 2.45) is 12.8 Å². The Morgan fingerprint density at radius 2 is 2.50 bits per heavy atom. The summed E-state index contributed by atoms with van der Waals surface area (Å²) in [5.41, 5.74) is 5.50. The fraction of sp³-hybridized carbons (Fsp3) is 0.727. The molecule has 0 spiro atoms. The van der Waals surface area contributed by atoms with Crippen molar-refractivity contribution in [1.29, 1.82) is 0 Å². The summed E-state index contributed by atoms with van der Waals surface area (Å²) in [5.74, 6) is 0.788. The Morgan fingerprint density at radius 3 is 3.11 bits per heavy atom. The van der Waals surface area contributed by atoms with E-state index in [-0.39, 0.29) is 18.1 Å². The van der Waals surface area contributed by atoms with Crippen LogP contribution in [0.2, 0.25) is 0 Å². The molecule has 0 saturated carbocycles. The number of ether oxygens (including phenoxy) is 1. The molecule has 100 valence electrons. The number of aromatic nitrogens is 3. The van der Waals surface area contributed by atoms with Crippen LogP contribution in [0.25, 0.3) is 0 Å². The summed E-state index contributed by atoms with van der Waals surface area (Å²) >= 11 is 0. The fourth-order valence-corrected chi connectivity index (χ4v) is 2.02. The van der Waals surface area contributed by atoms with Crippen LogP contribution in [0.3, 0.4) is 0 Å². The lowest BCUT2D eigenvalue weighted by Gasteiger charge is -2.12. The molecule has 2 rings (SSSR count). The standard InChI is InChI=1S/C11H19N5O2/c1-16-7-14-15-10(16)4-5-13-11(17)9-3-2-8(6-12)18-9/h7-9H,2-6,12H2,1H3,(H,13,17). The van der Waals surface area contributed by atoms with E-state index in [2.05, 4.69) is 15.5 Å². The van der Waals surface area contributed by atoms with Crippen molar-refractivity contribution in [3.05, 3.63) is 12.2 Å². The van der Waals surface area contributed by atoms with E-state index < -0.39 is 0 Å². The van der Waals surface area contributed by atoms with Gasteiger partial charge in [-0.2, -0.15) is 0 Å². The Bertz CT molecular complexity index is 406. The molecule has 0 radical (unpaired) electrons. The van der Waals surface area contributed by atoms with Crippen LogP contribution < -0.4 is 11.1 Å². The van der Waals surface area contributed by atoms with E-state index in [1.54, 1.807) is 6.33 Å². The van der Waals surface area contributed by atoms with Gasteiger partial charge < -0.3 is 20.4 Å². The Balaban J connectivity index is 1.71. The third kappa shape index (κ3) is 3.05. The zero-order valence-electron chi connectivity index (χ0n) is 10.5. The maximum absolute atomic E-state index is 11.8. The molecule has 3 N–H and O–H groups in total. The number of nitrogens with two attached hydrogens (primary N) is 1. The molecule has 7 nitrogen and oxygen atoms in total. The van der Waals surface area contributed by atoms with Gasteiger partial charge in [-0.15, -0.1) is 10.2 Å². The predicted octanol–water partition coefficient (Wildman–Crippen LogP) is -1.02. The highest BCUT2D eigenvalue weighted by Crippen LogP contribution is 2.18. The van der Waals surface area contributed by atoms with Crippen molar-refractivity contribution in [3.8, 4) is 0 Å². The van der Waals surface area contributed by atoms with Crippen molar-refractivity contribution in [2.75, 3.05) is 13.1 Å². The number of nitrogens with zero attached hydrogens (tertiary/aromatic N) is 3. The van der Waals surface area contributed by atoms with Gasteiger partial charge in [0, 0.05) is 26.6 Å². The number of amides is 1. The molecule has 1 amide bonds. The number of hydrogen-bond acceptors (Lipinski definition) is 5. The first-order chi connectivity index (χ1) is 8.70. The molecule has 1 saturated heterocycles. The quantitative estimate of drug-likeness (QED) is 0.700. The topological polar surface area (TPSA) is 95.1 Å². The normalized spacial score (nSPS) is 23.2. The minimum atomic E-state index is -0.349. The maximum atomic E-state index is 11.8. The number of aryl methyl sites for hydroxylation is 1. The molecule has 18 heavy (non-hydrogen) atoms. The van der Waals surface area contributed by atoms with Gasteiger partial charge in [-0.25, -0.2) is 0 Å². The zero-order chi connectivity index (χ0) is 13.0.